The summed E-state index contributed by atoms with van der Waals surface area (Å²) < 4.78 is 37.7. The minimum Gasteiger partial charge on any atom is -0.366 e. The second-order valence-electron chi connectivity index (χ2n) is 3.86. The molecule has 0 saturated heterocycles. The molecule has 0 aliphatic carbocycles. The van der Waals surface area contributed by atoms with Crippen molar-refractivity contribution in [3.63, 3.8) is 0 Å². The molecule has 1 rings (SSSR count). The molecule has 0 atom stereocenters. The average molecular weight is 272 g/mol. The maximum absolute atomic E-state index is 12.6. The van der Waals surface area contributed by atoms with Gasteiger partial charge >= 0.3 is 6.18 Å². The fourth-order valence-electron chi connectivity index (χ4n) is 1.27. The lowest BCUT2D eigenvalue weighted by Gasteiger charge is -2.13. The Labute approximate surface area is 107 Å². The van der Waals surface area contributed by atoms with Gasteiger partial charge in [-0.05, 0) is 25.1 Å². The molecule has 1 aromatic carbocycles. The highest BCUT2D eigenvalue weighted by atomic mass is 19.4. The molecule has 102 valence electrons. The quantitative estimate of drug-likeness (QED) is 0.829. The second-order valence-corrected chi connectivity index (χ2v) is 3.86. The van der Waals surface area contributed by atoms with Crippen LogP contribution < -0.4 is 11.1 Å². The van der Waals surface area contributed by atoms with Gasteiger partial charge in [-0.3, -0.25) is 9.59 Å². The highest BCUT2D eigenvalue weighted by Gasteiger charge is 2.31. The largest absolute Gasteiger partial charge is 0.416 e. The van der Waals surface area contributed by atoms with E-state index in [2.05, 4.69) is 11.9 Å². The number of primary amides is 1. The molecule has 0 fully saturated rings. The van der Waals surface area contributed by atoms with Gasteiger partial charge in [0.15, 0.2) is 0 Å². The fourth-order valence-corrected chi connectivity index (χ4v) is 1.27. The molecule has 7 heteroatoms. The van der Waals surface area contributed by atoms with Crippen molar-refractivity contribution in [3.05, 3.63) is 41.5 Å². The Hall–Kier alpha value is -2.31. The van der Waals surface area contributed by atoms with Crippen LogP contribution in [0.4, 0.5) is 18.9 Å². The Morgan fingerprint density at radius 3 is 2.32 bits per heavy atom. The molecule has 3 N–H and O–H groups in total. The maximum Gasteiger partial charge on any atom is 0.416 e. The van der Waals surface area contributed by atoms with Crippen LogP contribution in [-0.4, -0.2) is 11.8 Å². The molecule has 4 nitrogen and oxygen atoms in total. The highest BCUT2D eigenvalue weighted by Crippen LogP contribution is 2.32. The summed E-state index contributed by atoms with van der Waals surface area (Å²) in [5.41, 5.74) is 3.63. The van der Waals surface area contributed by atoms with Crippen molar-refractivity contribution in [1.82, 2.24) is 0 Å². The minimum atomic E-state index is -4.58. The van der Waals surface area contributed by atoms with Crippen molar-refractivity contribution < 1.29 is 22.8 Å². The maximum atomic E-state index is 12.6. The first-order valence-electron chi connectivity index (χ1n) is 5.11. The number of halogens is 3. The van der Waals surface area contributed by atoms with E-state index < -0.39 is 23.6 Å². The third kappa shape index (κ3) is 3.57. The summed E-state index contributed by atoms with van der Waals surface area (Å²) in [5, 5.41) is 2.16. The van der Waals surface area contributed by atoms with Gasteiger partial charge in [0.05, 0.1) is 16.8 Å². The van der Waals surface area contributed by atoms with Crippen LogP contribution in [0.2, 0.25) is 0 Å². The smallest absolute Gasteiger partial charge is 0.366 e. The van der Waals surface area contributed by atoms with Crippen molar-refractivity contribution in [3.8, 4) is 0 Å². The summed E-state index contributed by atoms with van der Waals surface area (Å²) in [5.74, 6) is -1.63. The number of hydrogen-bond acceptors (Lipinski definition) is 2. The van der Waals surface area contributed by atoms with E-state index in [0.29, 0.717) is 6.07 Å². The molecule has 0 unspecified atom stereocenters. The first-order chi connectivity index (χ1) is 8.62. The molecule has 0 aliphatic heterocycles. The zero-order chi connectivity index (χ0) is 14.8. The van der Waals surface area contributed by atoms with Crippen LogP contribution in [0, 0.1) is 0 Å². The van der Waals surface area contributed by atoms with Gasteiger partial charge in [0.25, 0.3) is 11.8 Å². The molecular formula is C12H11F3N2O2. The molecule has 0 radical (unpaired) electrons. The number of hydrogen-bond donors (Lipinski definition) is 2. The van der Waals surface area contributed by atoms with E-state index in [1.807, 2.05) is 0 Å². The van der Waals surface area contributed by atoms with E-state index in [1.165, 1.54) is 6.92 Å². The van der Waals surface area contributed by atoms with E-state index >= 15 is 0 Å². The van der Waals surface area contributed by atoms with Gasteiger partial charge in [-0.2, -0.15) is 13.2 Å². The Bertz CT molecular complexity index is 550. The van der Waals surface area contributed by atoms with Crippen LogP contribution in [0.15, 0.2) is 30.4 Å². The van der Waals surface area contributed by atoms with E-state index in [4.69, 9.17) is 5.73 Å². The van der Waals surface area contributed by atoms with E-state index in [9.17, 15) is 22.8 Å². The molecule has 0 saturated carbocycles. The molecule has 0 aliphatic rings. The Kier molecular flexibility index (Phi) is 3.98. The molecule has 0 bridgehead atoms. The number of nitrogens with two attached hydrogens (primary N) is 1. The van der Waals surface area contributed by atoms with Gasteiger partial charge in [-0.15, -0.1) is 0 Å². The average Bonchev–Trinajstić information content (AvgIpc) is 2.27. The van der Waals surface area contributed by atoms with Crippen molar-refractivity contribution in [2.24, 2.45) is 5.73 Å². The lowest BCUT2D eigenvalue weighted by molar-refractivity contribution is -0.137. The van der Waals surface area contributed by atoms with Crippen molar-refractivity contribution in [1.29, 1.82) is 0 Å². The van der Waals surface area contributed by atoms with Gasteiger partial charge in [0.1, 0.15) is 0 Å². The lowest BCUT2D eigenvalue weighted by Crippen LogP contribution is -2.19. The zero-order valence-corrected chi connectivity index (χ0v) is 9.97. The van der Waals surface area contributed by atoms with Gasteiger partial charge in [0.2, 0.25) is 0 Å². The van der Waals surface area contributed by atoms with Crippen molar-refractivity contribution in [2.75, 3.05) is 5.32 Å². The molecule has 19 heavy (non-hydrogen) atoms. The number of alkyl halides is 3. The van der Waals surface area contributed by atoms with Crippen LogP contribution >= 0.6 is 0 Å². The molecular weight excluding hydrogens is 261 g/mol. The number of carbonyl (C=O) groups excluding carboxylic acids is 2. The highest BCUT2D eigenvalue weighted by molar-refractivity contribution is 6.07. The van der Waals surface area contributed by atoms with Crippen LogP contribution in [0.1, 0.15) is 22.8 Å². The molecule has 2 amide bonds. The van der Waals surface area contributed by atoms with Gasteiger partial charge in [-0.1, -0.05) is 6.58 Å². The third-order valence-corrected chi connectivity index (χ3v) is 2.25. The van der Waals surface area contributed by atoms with Crippen molar-refractivity contribution >= 4 is 17.5 Å². The monoisotopic (exact) mass is 272 g/mol. The normalized spacial score (nSPS) is 10.9. The number of rotatable bonds is 3. The van der Waals surface area contributed by atoms with E-state index in [-0.39, 0.29) is 16.8 Å². The zero-order valence-electron chi connectivity index (χ0n) is 9.97. The van der Waals surface area contributed by atoms with Crippen LogP contribution in [-0.2, 0) is 11.0 Å². The van der Waals surface area contributed by atoms with Crippen LogP contribution in [0.5, 0.6) is 0 Å². The second kappa shape index (κ2) is 5.13. The Balaban J connectivity index is 3.27. The standard InChI is InChI=1S/C12H11F3N2O2/c1-6(2)11(19)17-9-5-7(12(13,14)15)3-4-8(9)10(16)18/h3-5H,1H2,2H3,(H2,16,18)(H,17,19). The van der Waals surface area contributed by atoms with Gasteiger partial charge in [0, 0.05) is 5.57 Å². The first kappa shape index (κ1) is 14.7. The molecule has 1 aromatic rings. The third-order valence-electron chi connectivity index (χ3n) is 2.25. The molecule has 0 heterocycles. The number of nitrogens with one attached hydrogen (secondary N) is 1. The number of carbonyl (C=O) groups is 2. The van der Waals surface area contributed by atoms with Crippen LogP contribution in [0.25, 0.3) is 0 Å². The summed E-state index contributed by atoms with van der Waals surface area (Å²) in [7, 11) is 0. The summed E-state index contributed by atoms with van der Waals surface area (Å²) in [6.45, 7) is 4.73. The number of amides is 2. The predicted molar refractivity (Wildman–Crippen MR) is 63.4 cm³/mol. The van der Waals surface area contributed by atoms with Crippen molar-refractivity contribution in [2.45, 2.75) is 13.1 Å². The Morgan fingerprint density at radius 1 is 1.32 bits per heavy atom. The predicted octanol–water partition coefficient (Wildman–Crippen LogP) is 2.32. The SMILES string of the molecule is C=C(C)C(=O)Nc1cc(C(F)(F)F)ccc1C(N)=O. The lowest BCUT2D eigenvalue weighted by atomic mass is 10.1. The fraction of sp³-hybridized carbons (Fsp3) is 0.167. The van der Waals surface area contributed by atoms with E-state index in [0.717, 1.165) is 12.1 Å². The number of anilines is 1. The summed E-state index contributed by atoms with van der Waals surface area (Å²) >= 11 is 0. The summed E-state index contributed by atoms with van der Waals surface area (Å²) in [4.78, 5) is 22.5. The Morgan fingerprint density at radius 2 is 1.89 bits per heavy atom. The van der Waals surface area contributed by atoms with Gasteiger partial charge in [-0.25, -0.2) is 0 Å². The molecule has 0 aromatic heterocycles. The summed E-state index contributed by atoms with van der Waals surface area (Å²) in [6.07, 6.45) is -4.58. The van der Waals surface area contributed by atoms with Crippen LogP contribution in [0.3, 0.4) is 0 Å². The van der Waals surface area contributed by atoms with E-state index in [1.54, 1.807) is 0 Å². The topological polar surface area (TPSA) is 72.2 Å². The van der Waals surface area contributed by atoms with Gasteiger partial charge < -0.3 is 11.1 Å². The first-order valence-corrected chi connectivity index (χ1v) is 5.11. The minimum absolute atomic E-state index is 0.0906. The summed E-state index contributed by atoms with van der Waals surface area (Å²) in [6, 6.07) is 2.29. The number of benzene rings is 1. The molecule has 0 spiro atoms.